The van der Waals surface area contributed by atoms with Crippen LogP contribution >= 0.6 is 0 Å². The number of likely N-dealkylation sites (tertiary alicyclic amines) is 1. The van der Waals surface area contributed by atoms with Crippen molar-refractivity contribution in [3.63, 3.8) is 0 Å². The van der Waals surface area contributed by atoms with Crippen LogP contribution in [0.2, 0.25) is 0 Å². The Morgan fingerprint density at radius 2 is 1.73 bits per heavy atom. The van der Waals surface area contributed by atoms with E-state index in [9.17, 15) is 19.5 Å². The van der Waals surface area contributed by atoms with Crippen LogP contribution in [0.3, 0.4) is 0 Å². The molecule has 3 amide bonds. The van der Waals surface area contributed by atoms with Gasteiger partial charge >= 0.3 is 0 Å². The molecule has 216 valence electrons. The van der Waals surface area contributed by atoms with E-state index >= 15 is 0 Å². The molecule has 1 spiro atoms. The summed E-state index contributed by atoms with van der Waals surface area (Å²) in [4.78, 5) is 48.0. The van der Waals surface area contributed by atoms with Crippen LogP contribution in [-0.2, 0) is 25.7 Å². The first-order valence-electron chi connectivity index (χ1n) is 14.4. The van der Waals surface area contributed by atoms with Gasteiger partial charge in [0.15, 0.2) is 0 Å². The lowest BCUT2D eigenvalue weighted by Crippen LogP contribution is -2.58. The number of aliphatic hydroxyl groups is 1. The fourth-order valence-electron chi connectivity index (χ4n) is 7.06. The number of fused-ring (bicyclic) bond motifs is 1. The third-order valence-corrected chi connectivity index (χ3v) is 8.86. The summed E-state index contributed by atoms with van der Waals surface area (Å²) in [5, 5.41) is 10.3. The van der Waals surface area contributed by atoms with Gasteiger partial charge in [0.1, 0.15) is 11.6 Å². The number of carbonyl (C=O) groups excluding carboxylic acids is 3. The zero-order chi connectivity index (χ0) is 29.1. The Labute approximate surface area is 241 Å². The van der Waals surface area contributed by atoms with Gasteiger partial charge in [-0.3, -0.25) is 14.4 Å². The highest BCUT2D eigenvalue weighted by Gasteiger charge is 2.75. The molecule has 3 fully saturated rings. The summed E-state index contributed by atoms with van der Waals surface area (Å²) in [7, 11) is 0. The van der Waals surface area contributed by atoms with Gasteiger partial charge in [-0.05, 0) is 37.0 Å². The zero-order valence-corrected chi connectivity index (χ0v) is 23.6. The van der Waals surface area contributed by atoms with E-state index in [4.69, 9.17) is 4.74 Å². The fourth-order valence-corrected chi connectivity index (χ4v) is 7.06. The lowest BCUT2D eigenvalue weighted by Gasteiger charge is -2.39. The summed E-state index contributed by atoms with van der Waals surface area (Å²) in [6.07, 6.45) is 4.40. The maximum absolute atomic E-state index is 14.5. The standard InChI is InChI=1S/C33H39N3O5/c1-4-19-34(21-23-13-9-7-10-14-23)32(40)29-33-18-17-26(41-33)27(28(33)31(39)36(29)24(6-3)22-37)30(38)35(20-5-2)25-15-11-8-12-16-25/h4-5,7-16,24,26-29,37H,1-2,6,17-22H2,3H3/t24-,26-,27+,28-,29?,33?/m0/s1. The number of aliphatic hydroxyl groups excluding tert-OH is 1. The van der Waals surface area contributed by atoms with Gasteiger partial charge in [-0.1, -0.05) is 67.6 Å². The van der Waals surface area contributed by atoms with Gasteiger partial charge in [-0.2, -0.15) is 0 Å². The second-order valence-electron chi connectivity index (χ2n) is 11.1. The third kappa shape index (κ3) is 4.89. The summed E-state index contributed by atoms with van der Waals surface area (Å²) in [5.41, 5.74) is 0.523. The molecule has 2 aromatic rings. The van der Waals surface area contributed by atoms with Crippen molar-refractivity contribution in [3.05, 3.63) is 91.5 Å². The number of carbonyl (C=O) groups is 3. The van der Waals surface area contributed by atoms with E-state index in [0.29, 0.717) is 31.5 Å². The van der Waals surface area contributed by atoms with Crippen molar-refractivity contribution < 1.29 is 24.2 Å². The Morgan fingerprint density at radius 3 is 2.34 bits per heavy atom. The lowest BCUT2D eigenvalue weighted by molar-refractivity contribution is -0.151. The van der Waals surface area contributed by atoms with Crippen molar-refractivity contribution in [2.24, 2.45) is 11.8 Å². The molecule has 0 aromatic heterocycles. The van der Waals surface area contributed by atoms with Crippen molar-refractivity contribution in [1.82, 2.24) is 9.80 Å². The second kappa shape index (κ2) is 12.0. The average Bonchev–Trinajstić information content (AvgIpc) is 3.64. The van der Waals surface area contributed by atoms with Crippen molar-refractivity contribution in [1.29, 1.82) is 0 Å². The van der Waals surface area contributed by atoms with Crippen LogP contribution in [0.5, 0.6) is 0 Å². The molecule has 2 unspecified atom stereocenters. The Morgan fingerprint density at radius 1 is 1.07 bits per heavy atom. The summed E-state index contributed by atoms with van der Waals surface area (Å²) in [5.74, 6) is -2.32. The molecule has 41 heavy (non-hydrogen) atoms. The molecule has 0 saturated carbocycles. The molecule has 2 aromatic carbocycles. The van der Waals surface area contributed by atoms with Gasteiger partial charge in [0.25, 0.3) is 0 Å². The lowest BCUT2D eigenvalue weighted by atomic mass is 9.70. The van der Waals surface area contributed by atoms with E-state index < -0.39 is 35.6 Å². The first-order valence-corrected chi connectivity index (χ1v) is 14.4. The molecule has 3 aliphatic heterocycles. The van der Waals surface area contributed by atoms with Gasteiger partial charge in [0, 0.05) is 25.3 Å². The Balaban J connectivity index is 1.55. The van der Waals surface area contributed by atoms with E-state index in [-0.39, 0.29) is 37.4 Å². The number of hydrogen-bond acceptors (Lipinski definition) is 5. The minimum atomic E-state index is -1.14. The molecule has 2 bridgehead atoms. The number of ether oxygens (including phenoxy) is 1. The molecule has 1 N–H and O–H groups in total. The van der Waals surface area contributed by atoms with Crippen molar-refractivity contribution in [2.75, 3.05) is 24.6 Å². The Hall–Kier alpha value is -3.75. The minimum Gasteiger partial charge on any atom is -0.394 e. The van der Waals surface area contributed by atoms with E-state index in [0.717, 1.165) is 5.56 Å². The minimum absolute atomic E-state index is 0.210. The number of para-hydroxylation sites is 1. The van der Waals surface area contributed by atoms with Crippen LogP contribution in [0.4, 0.5) is 5.69 Å². The number of amides is 3. The molecule has 3 saturated heterocycles. The summed E-state index contributed by atoms with van der Waals surface area (Å²) in [6, 6.07) is 17.5. The van der Waals surface area contributed by atoms with Crippen LogP contribution in [-0.4, -0.2) is 76.1 Å². The fraction of sp³-hybridized carbons (Fsp3) is 0.424. The second-order valence-corrected chi connectivity index (χ2v) is 11.1. The van der Waals surface area contributed by atoms with Crippen molar-refractivity contribution >= 4 is 23.4 Å². The molecule has 5 rings (SSSR count). The molecule has 0 radical (unpaired) electrons. The molecular formula is C33H39N3O5. The monoisotopic (exact) mass is 557 g/mol. The van der Waals surface area contributed by atoms with E-state index in [1.807, 2.05) is 67.6 Å². The third-order valence-electron chi connectivity index (χ3n) is 8.86. The van der Waals surface area contributed by atoms with Crippen molar-refractivity contribution in [3.8, 4) is 0 Å². The highest BCUT2D eigenvalue weighted by molar-refractivity contribution is 6.03. The molecule has 3 heterocycles. The maximum Gasteiger partial charge on any atom is 0.249 e. The quantitative estimate of drug-likeness (QED) is 0.403. The number of rotatable bonds is 12. The predicted octanol–water partition coefficient (Wildman–Crippen LogP) is 3.57. The molecule has 8 nitrogen and oxygen atoms in total. The van der Waals surface area contributed by atoms with Crippen LogP contribution < -0.4 is 4.90 Å². The summed E-state index contributed by atoms with van der Waals surface area (Å²) in [6.45, 7) is 10.2. The van der Waals surface area contributed by atoms with Gasteiger partial charge in [-0.25, -0.2) is 0 Å². The first kappa shape index (κ1) is 28.8. The number of anilines is 1. The number of hydrogen-bond donors (Lipinski definition) is 1. The van der Waals surface area contributed by atoms with Gasteiger partial charge in [0.2, 0.25) is 17.7 Å². The largest absolute Gasteiger partial charge is 0.394 e. The van der Waals surface area contributed by atoms with E-state index in [2.05, 4.69) is 13.2 Å². The van der Waals surface area contributed by atoms with E-state index in [1.54, 1.807) is 22.0 Å². The average molecular weight is 558 g/mol. The van der Waals surface area contributed by atoms with Crippen LogP contribution in [0.15, 0.2) is 86.0 Å². The molecular weight excluding hydrogens is 518 g/mol. The number of nitrogens with zero attached hydrogens (tertiary/aromatic N) is 3. The molecule has 0 aliphatic carbocycles. The Bertz CT molecular complexity index is 1280. The predicted molar refractivity (Wildman–Crippen MR) is 157 cm³/mol. The molecule has 6 atom stereocenters. The van der Waals surface area contributed by atoms with Crippen LogP contribution in [0.1, 0.15) is 31.7 Å². The normalized spacial score (nSPS) is 26.9. The number of benzene rings is 2. The highest BCUT2D eigenvalue weighted by Crippen LogP contribution is 2.59. The van der Waals surface area contributed by atoms with Gasteiger partial charge in [-0.15, -0.1) is 13.2 Å². The van der Waals surface area contributed by atoms with Crippen molar-refractivity contribution in [2.45, 2.75) is 56.5 Å². The van der Waals surface area contributed by atoms with Crippen LogP contribution in [0.25, 0.3) is 0 Å². The highest BCUT2D eigenvalue weighted by atomic mass is 16.5. The summed E-state index contributed by atoms with van der Waals surface area (Å²) >= 11 is 0. The summed E-state index contributed by atoms with van der Waals surface area (Å²) < 4.78 is 6.64. The van der Waals surface area contributed by atoms with Gasteiger partial charge < -0.3 is 24.5 Å². The molecule has 3 aliphatic rings. The zero-order valence-electron chi connectivity index (χ0n) is 23.6. The first-order chi connectivity index (χ1) is 19.9. The topological polar surface area (TPSA) is 90.4 Å². The smallest absolute Gasteiger partial charge is 0.249 e. The van der Waals surface area contributed by atoms with Crippen LogP contribution in [0, 0.1) is 11.8 Å². The van der Waals surface area contributed by atoms with Gasteiger partial charge in [0.05, 0.1) is 30.6 Å². The Kier molecular flexibility index (Phi) is 8.42. The van der Waals surface area contributed by atoms with E-state index in [1.165, 1.54) is 4.90 Å². The maximum atomic E-state index is 14.5. The molecule has 8 heteroatoms. The SMILES string of the molecule is C=CCN(Cc1ccccc1)C(=O)C1N([C@@H](CC)CO)C(=O)[C@@H]2[C@H](C(=O)N(CC=C)c3ccccc3)[C@@H]3CCC12O3.